The molecule has 3 N–H and O–H groups in total. The van der Waals surface area contributed by atoms with Crippen molar-refractivity contribution in [2.45, 2.75) is 12.5 Å². The average molecular weight is 190 g/mol. The Balaban J connectivity index is 3.10. The lowest BCUT2D eigenvalue weighted by atomic mass is 9.93. The van der Waals surface area contributed by atoms with Crippen LogP contribution < -0.4 is 5.73 Å². The first-order valence-electron chi connectivity index (χ1n) is 4.01. The summed E-state index contributed by atoms with van der Waals surface area (Å²) in [4.78, 5) is 10.8. The molecule has 0 heterocycles. The number of carbonyl (C=O) groups is 1. The zero-order valence-corrected chi connectivity index (χ0v) is 7.69. The number of nitriles is 1. The van der Waals surface area contributed by atoms with E-state index in [2.05, 4.69) is 0 Å². The van der Waals surface area contributed by atoms with E-state index in [-0.39, 0.29) is 0 Å². The molecule has 1 aromatic carbocycles. The topological polar surface area (TPSA) is 87.1 Å². The fraction of sp³-hybridized carbons (Fsp3) is 0.200. The van der Waals surface area contributed by atoms with E-state index in [1.165, 1.54) is 6.92 Å². The molecular weight excluding hydrogens is 180 g/mol. The fourth-order valence-corrected chi connectivity index (χ4v) is 1.01. The van der Waals surface area contributed by atoms with Crippen LogP contribution in [-0.2, 0) is 10.3 Å². The van der Waals surface area contributed by atoms with Gasteiger partial charge in [-0.25, -0.2) is 4.79 Å². The zero-order valence-electron chi connectivity index (χ0n) is 7.69. The van der Waals surface area contributed by atoms with Crippen molar-refractivity contribution >= 4 is 5.97 Å². The monoisotopic (exact) mass is 190 g/mol. The smallest absolute Gasteiger partial charge is 0.328 e. The Morgan fingerprint density at radius 1 is 1.50 bits per heavy atom. The van der Waals surface area contributed by atoms with Gasteiger partial charge in [0.1, 0.15) is 5.54 Å². The summed E-state index contributed by atoms with van der Waals surface area (Å²) in [5, 5.41) is 17.4. The minimum Gasteiger partial charge on any atom is -0.480 e. The molecule has 0 amide bonds. The Hall–Kier alpha value is -1.86. The molecule has 0 fully saturated rings. The van der Waals surface area contributed by atoms with E-state index in [0.29, 0.717) is 11.1 Å². The van der Waals surface area contributed by atoms with Crippen LogP contribution in [0.2, 0.25) is 0 Å². The Labute approximate surface area is 81.6 Å². The number of rotatable bonds is 2. The Kier molecular flexibility index (Phi) is 2.54. The van der Waals surface area contributed by atoms with Gasteiger partial charge in [0.2, 0.25) is 0 Å². The molecule has 0 aromatic heterocycles. The van der Waals surface area contributed by atoms with Crippen LogP contribution in [0.25, 0.3) is 0 Å². The largest absolute Gasteiger partial charge is 0.480 e. The molecule has 0 radical (unpaired) electrons. The molecule has 4 heteroatoms. The van der Waals surface area contributed by atoms with Crippen molar-refractivity contribution < 1.29 is 9.90 Å². The molecule has 0 unspecified atom stereocenters. The third kappa shape index (κ3) is 1.73. The van der Waals surface area contributed by atoms with Crippen molar-refractivity contribution in [1.82, 2.24) is 0 Å². The second-order valence-corrected chi connectivity index (χ2v) is 3.20. The molecule has 1 atom stereocenters. The molecule has 0 bridgehead atoms. The number of hydrogen-bond donors (Lipinski definition) is 2. The molecule has 1 rings (SSSR count). The second-order valence-electron chi connectivity index (χ2n) is 3.20. The van der Waals surface area contributed by atoms with Gasteiger partial charge in [0, 0.05) is 0 Å². The van der Waals surface area contributed by atoms with Crippen LogP contribution >= 0.6 is 0 Å². The van der Waals surface area contributed by atoms with Gasteiger partial charge < -0.3 is 10.8 Å². The molecule has 0 aliphatic rings. The third-order valence-corrected chi connectivity index (χ3v) is 2.06. The fourth-order valence-electron chi connectivity index (χ4n) is 1.01. The lowest BCUT2D eigenvalue weighted by molar-refractivity contribution is -0.143. The van der Waals surface area contributed by atoms with E-state index in [9.17, 15) is 4.79 Å². The highest BCUT2D eigenvalue weighted by Crippen LogP contribution is 2.18. The Morgan fingerprint density at radius 2 is 2.00 bits per heavy atom. The number of nitrogens with two attached hydrogens (primary N) is 1. The Bertz CT molecular complexity index is 388. The molecule has 0 aliphatic heterocycles. The van der Waals surface area contributed by atoms with Gasteiger partial charge >= 0.3 is 5.97 Å². The van der Waals surface area contributed by atoms with Gasteiger partial charge in [-0.2, -0.15) is 5.26 Å². The summed E-state index contributed by atoms with van der Waals surface area (Å²) in [7, 11) is 0. The Morgan fingerprint density at radius 3 is 2.36 bits per heavy atom. The van der Waals surface area contributed by atoms with Crippen molar-refractivity contribution in [3.8, 4) is 6.07 Å². The number of aliphatic carboxylic acids is 1. The van der Waals surface area contributed by atoms with Crippen molar-refractivity contribution in [3.63, 3.8) is 0 Å². The lowest BCUT2D eigenvalue weighted by Gasteiger charge is -2.19. The summed E-state index contributed by atoms with van der Waals surface area (Å²) in [6, 6.07) is 8.13. The average Bonchev–Trinajstić information content (AvgIpc) is 2.17. The van der Waals surface area contributed by atoms with Crippen LogP contribution in [0.5, 0.6) is 0 Å². The molecule has 1 aromatic rings. The van der Waals surface area contributed by atoms with Crippen molar-refractivity contribution in [3.05, 3.63) is 35.4 Å². The highest BCUT2D eigenvalue weighted by Gasteiger charge is 2.29. The number of nitrogens with zero attached hydrogens (tertiary/aromatic N) is 1. The van der Waals surface area contributed by atoms with Gasteiger partial charge in [-0.15, -0.1) is 0 Å². The van der Waals surface area contributed by atoms with Gasteiger partial charge in [-0.3, -0.25) is 0 Å². The first-order valence-corrected chi connectivity index (χ1v) is 4.01. The minimum absolute atomic E-state index is 0.476. The highest BCUT2D eigenvalue weighted by molar-refractivity contribution is 5.79. The van der Waals surface area contributed by atoms with Crippen LogP contribution in [-0.4, -0.2) is 11.1 Å². The summed E-state index contributed by atoms with van der Waals surface area (Å²) in [5.74, 6) is -1.10. The van der Waals surface area contributed by atoms with E-state index in [1.54, 1.807) is 24.3 Å². The zero-order chi connectivity index (χ0) is 10.8. The number of carboxylic acid groups (broad SMARTS) is 1. The first kappa shape index (κ1) is 10.2. The third-order valence-electron chi connectivity index (χ3n) is 2.06. The molecule has 14 heavy (non-hydrogen) atoms. The maximum Gasteiger partial charge on any atom is 0.328 e. The van der Waals surface area contributed by atoms with Crippen LogP contribution in [0.4, 0.5) is 0 Å². The van der Waals surface area contributed by atoms with Gasteiger partial charge in [0.05, 0.1) is 11.6 Å². The van der Waals surface area contributed by atoms with E-state index >= 15 is 0 Å². The normalized spacial score (nSPS) is 14.1. The lowest BCUT2D eigenvalue weighted by Crippen LogP contribution is -2.41. The van der Waals surface area contributed by atoms with Crippen LogP contribution in [0.3, 0.4) is 0 Å². The maximum absolute atomic E-state index is 10.8. The van der Waals surface area contributed by atoms with E-state index in [1.807, 2.05) is 6.07 Å². The number of benzene rings is 1. The van der Waals surface area contributed by atoms with Crippen molar-refractivity contribution in [1.29, 1.82) is 5.26 Å². The summed E-state index contributed by atoms with van der Waals surface area (Å²) in [5.41, 5.74) is 5.14. The standard InChI is InChI=1S/C10H10N2O2/c1-10(12,9(13)14)8-4-2-7(6-11)3-5-8/h2-5H,12H2,1H3,(H,13,14)/t10-/m0/s1. The minimum atomic E-state index is -1.41. The molecule has 0 saturated heterocycles. The SMILES string of the molecule is C[C@@](N)(C(=O)O)c1ccc(C#N)cc1. The molecule has 4 nitrogen and oxygen atoms in total. The summed E-state index contributed by atoms with van der Waals surface area (Å²) < 4.78 is 0. The second kappa shape index (κ2) is 3.48. The molecule has 0 aliphatic carbocycles. The summed E-state index contributed by atoms with van der Waals surface area (Å²) in [6.45, 7) is 1.41. The molecule has 0 spiro atoms. The van der Waals surface area contributed by atoms with Crippen LogP contribution in [0.15, 0.2) is 24.3 Å². The quantitative estimate of drug-likeness (QED) is 0.722. The van der Waals surface area contributed by atoms with Gasteiger partial charge in [0.25, 0.3) is 0 Å². The molecular formula is C10H10N2O2. The number of carboxylic acids is 1. The summed E-state index contributed by atoms with van der Waals surface area (Å²) in [6.07, 6.45) is 0. The van der Waals surface area contributed by atoms with Crippen molar-refractivity contribution in [2.24, 2.45) is 5.73 Å². The molecule has 72 valence electrons. The van der Waals surface area contributed by atoms with E-state index in [0.717, 1.165) is 0 Å². The highest BCUT2D eigenvalue weighted by atomic mass is 16.4. The van der Waals surface area contributed by atoms with Gasteiger partial charge in [-0.1, -0.05) is 12.1 Å². The van der Waals surface area contributed by atoms with Crippen molar-refractivity contribution in [2.75, 3.05) is 0 Å². The van der Waals surface area contributed by atoms with E-state index in [4.69, 9.17) is 16.1 Å². The predicted molar refractivity (Wildman–Crippen MR) is 50.3 cm³/mol. The summed E-state index contributed by atoms with van der Waals surface area (Å²) >= 11 is 0. The van der Waals surface area contributed by atoms with Crippen LogP contribution in [0, 0.1) is 11.3 Å². The first-order chi connectivity index (χ1) is 6.48. The van der Waals surface area contributed by atoms with Crippen LogP contribution in [0.1, 0.15) is 18.1 Å². The van der Waals surface area contributed by atoms with Gasteiger partial charge in [-0.05, 0) is 24.6 Å². The van der Waals surface area contributed by atoms with E-state index < -0.39 is 11.5 Å². The molecule has 0 saturated carbocycles. The number of hydrogen-bond acceptors (Lipinski definition) is 3. The predicted octanol–water partition coefficient (Wildman–Crippen LogP) is 0.817. The van der Waals surface area contributed by atoms with Gasteiger partial charge in [0.15, 0.2) is 0 Å². The maximum atomic E-state index is 10.8.